The van der Waals surface area contributed by atoms with Crippen molar-refractivity contribution in [2.75, 3.05) is 19.7 Å². The van der Waals surface area contributed by atoms with Crippen LogP contribution in [0.15, 0.2) is 42.5 Å². The van der Waals surface area contributed by atoms with Gasteiger partial charge in [0.05, 0.1) is 6.61 Å². The molecule has 3 nitrogen and oxygen atoms in total. The van der Waals surface area contributed by atoms with Gasteiger partial charge in [-0.05, 0) is 43.5 Å². The minimum Gasteiger partial charge on any atom is -0.508 e. The number of piperidine rings is 1. The van der Waals surface area contributed by atoms with Crippen LogP contribution in [-0.2, 0) is 13.0 Å². The van der Waals surface area contributed by atoms with Gasteiger partial charge >= 0.3 is 0 Å². The zero-order valence-corrected chi connectivity index (χ0v) is 14.1. The van der Waals surface area contributed by atoms with E-state index in [0.29, 0.717) is 25.1 Å². The van der Waals surface area contributed by atoms with Crippen LogP contribution >= 0.6 is 0 Å². The fourth-order valence-corrected chi connectivity index (χ4v) is 3.73. The molecule has 0 saturated carbocycles. The van der Waals surface area contributed by atoms with Crippen LogP contribution in [-0.4, -0.2) is 34.8 Å². The molecule has 1 unspecified atom stereocenters. The second-order valence-electron chi connectivity index (χ2n) is 7.01. The van der Waals surface area contributed by atoms with Gasteiger partial charge in [-0.3, -0.25) is 4.90 Å². The first kappa shape index (κ1) is 17.8. The highest BCUT2D eigenvalue weighted by Gasteiger charge is 2.36. The normalized spacial score (nSPS) is 21.4. The monoisotopic (exact) mass is 347 g/mol. The number of halogens is 2. The molecule has 134 valence electrons. The summed E-state index contributed by atoms with van der Waals surface area (Å²) in [5.41, 5.74) is 0.811. The Morgan fingerprint density at radius 3 is 2.60 bits per heavy atom. The molecule has 1 fully saturated rings. The molecule has 2 aromatic carbocycles. The van der Waals surface area contributed by atoms with Crippen molar-refractivity contribution in [2.45, 2.75) is 25.8 Å². The first-order valence-corrected chi connectivity index (χ1v) is 8.55. The predicted molar refractivity (Wildman–Crippen MR) is 92.2 cm³/mol. The number of hydrogen-bond acceptors (Lipinski definition) is 3. The molecule has 3 rings (SSSR count). The van der Waals surface area contributed by atoms with Gasteiger partial charge in [0.2, 0.25) is 0 Å². The average molecular weight is 347 g/mol. The van der Waals surface area contributed by atoms with Crippen LogP contribution in [0.5, 0.6) is 5.75 Å². The summed E-state index contributed by atoms with van der Waals surface area (Å²) in [7, 11) is 0. The van der Waals surface area contributed by atoms with Gasteiger partial charge in [0.15, 0.2) is 0 Å². The molecule has 1 aliphatic rings. The van der Waals surface area contributed by atoms with Crippen LogP contribution in [0.4, 0.5) is 8.78 Å². The molecule has 0 bridgehead atoms. The van der Waals surface area contributed by atoms with Gasteiger partial charge in [0.1, 0.15) is 17.4 Å². The average Bonchev–Trinajstić information content (AvgIpc) is 2.60. The Bertz CT molecular complexity index is 737. The molecule has 1 atom stereocenters. The Balaban J connectivity index is 1.75. The van der Waals surface area contributed by atoms with E-state index in [-0.39, 0.29) is 12.4 Å². The summed E-state index contributed by atoms with van der Waals surface area (Å²) in [5, 5.41) is 20.0. The lowest BCUT2D eigenvalue weighted by molar-refractivity contribution is 0.0280. The molecule has 5 heteroatoms. The van der Waals surface area contributed by atoms with Gasteiger partial charge < -0.3 is 10.2 Å². The third kappa shape index (κ3) is 4.17. The van der Waals surface area contributed by atoms with E-state index in [9.17, 15) is 19.0 Å². The summed E-state index contributed by atoms with van der Waals surface area (Å²) in [6.07, 6.45) is 2.04. The molecular formula is C20H23F2NO2. The lowest BCUT2D eigenvalue weighted by Crippen LogP contribution is -2.46. The summed E-state index contributed by atoms with van der Waals surface area (Å²) >= 11 is 0. The fourth-order valence-electron chi connectivity index (χ4n) is 3.73. The highest BCUT2D eigenvalue weighted by atomic mass is 19.1. The van der Waals surface area contributed by atoms with Crippen molar-refractivity contribution in [3.63, 3.8) is 0 Å². The summed E-state index contributed by atoms with van der Waals surface area (Å²) in [5.74, 6) is -0.901. The number of benzene rings is 2. The van der Waals surface area contributed by atoms with Gasteiger partial charge in [-0.1, -0.05) is 24.3 Å². The van der Waals surface area contributed by atoms with Crippen molar-refractivity contribution in [3.05, 3.63) is 65.2 Å². The van der Waals surface area contributed by atoms with Gasteiger partial charge in [0.25, 0.3) is 0 Å². The third-order valence-corrected chi connectivity index (χ3v) is 5.04. The Labute approximate surface area is 146 Å². The van der Waals surface area contributed by atoms with Crippen LogP contribution in [0.25, 0.3) is 0 Å². The van der Waals surface area contributed by atoms with Crippen molar-refractivity contribution < 1.29 is 19.0 Å². The highest BCUT2D eigenvalue weighted by molar-refractivity contribution is 5.31. The van der Waals surface area contributed by atoms with Gasteiger partial charge in [-0.2, -0.15) is 0 Å². The maximum atomic E-state index is 14.0. The molecule has 0 aromatic heterocycles. The highest BCUT2D eigenvalue weighted by Crippen LogP contribution is 2.35. The molecule has 2 aromatic rings. The zero-order chi connectivity index (χ0) is 17.9. The maximum Gasteiger partial charge on any atom is 0.129 e. The van der Waals surface area contributed by atoms with E-state index in [1.807, 2.05) is 12.1 Å². The zero-order valence-electron chi connectivity index (χ0n) is 14.1. The molecule has 0 radical (unpaired) electrons. The SMILES string of the molecule is OCC1(Cc2ccc(F)cc2F)CCCN(Cc2ccccc2O)C1. The number of aliphatic hydroxyl groups is 1. The summed E-state index contributed by atoms with van der Waals surface area (Å²) in [4.78, 5) is 2.18. The number of rotatable bonds is 5. The van der Waals surface area contributed by atoms with Crippen molar-refractivity contribution in [3.8, 4) is 5.75 Å². The Hall–Kier alpha value is -1.98. The summed E-state index contributed by atoms with van der Waals surface area (Å²) in [6.45, 7) is 2.00. The number of likely N-dealkylation sites (tertiary alicyclic amines) is 1. The Morgan fingerprint density at radius 1 is 1.08 bits per heavy atom. The van der Waals surface area contributed by atoms with Gasteiger partial charge in [-0.25, -0.2) is 8.78 Å². The van der Waals surface area contributed by atoms with Gasteiger partial charge in [0, 0.05) is 30.1 Å². The number of nitrogens with zero attached hydrogens (tertiary/aromatic N) is 1. The standard InChI is InChI=1S/C20H23F2NO2/c21-17-7-6-15(18(22)10-17)11-20(14-24)8-3-9-23(13-20)12-16-4-1-2-5-19(16)25/h1-2,4-7,10,24-25H,3,8-9,11-14H2. The van der Waals surface area contributed by atoms with Crippen LogP contribution < -0.4 is 0 Å². The minimum atomic E-state index is -0.593. The van der Waals surface area contributed by atoms with E-state index in [1.54, 1.807) is 12.1 Å². The number of aromatic hydroxyl groups is 1. The Kier molecular flexibility index (Phi) is 5.35. The quantitative estimate of drug-likeness (QED) is 0.870. The van der Waals surface area contributed by atoms with E-state index in [2.05, 4.69) is 4.90 Å². The molecule has 0 amide bonds. The summed E-state index contributed by atoms with van der Waals surface area (Å²) in [6, 6.07) is 10.8. The lowest BCUT2D eigenvalue weighted by atomic mass is 9.75. The van der Waals surface area contributed by atoms with Crippen molar-refractivity contribution >= 4 is 0 Å². The van der Waals surface area contributed by atoms with Crippen LogP contribution in [0.3, 0.4) is 0 Å². The Morgan fingerprint density at radius 2 is 1.88 bits per heavy atom. The second kappa shape index (κ2) is 7.50. The van der Waals surface area contributed by atoms with Crippen LogP contribution in [0, 0.1) is 17.0 Å². The fraction of sp³-hybridized carbons (Fsp3) is 0.400. The summed E-state index contributed by atoms with van der Waals surface area (Å²) < 4.78 is 27.2. The smallest absolute Gasteiger partial charge is 0.129 e. The first-order valence-electron chi connectivity index (χ1n) is 8.55. The first-order chi connectivity index (χ1) is 12.0. The third-order valence-electron chi connectivity index (χ3n) is 5.04. The molecule has 1 aliphatic heterocycles. The molecule has 0 aliphatic carbocycles. The topological polar surface area (TPSA) is 43.7 Å². The van der Waals surface area contributed by atoms with E-state index >= 15 is 0 Å². The molecular weight excluding hydrogens is 324 g/mol. The van der Waals surface area contributed by atoms with Crippen molar-refractivity contribution in [2.24, 2.45) is 5.41 Å². The number of phenolic OH excluding ortho intramolecular Hbond substituents is 1. The van der Waals surface area contributed by atoms with Gasteiger partial charge in [-0.15, -0.1) is 0 Å². The number of hydrogen-bond donors (Lipinski definition) is 2. The van der Waals surface area contributed by atoms with E-state index < -0.39 is 17.0 Å². The second-order valence-corrected chi connectivity index (χ2v) is 7.01. The predicted octanol–water partition coefficient (Wildman–Crippen LogP) is 3.49. The number of para-hydroxylation sites is 1. The molecule has 1 saturated heterocycles. The van der Waals surface area contributed by atoms with E-state index in [4.69, 9.17) is 0 Å². The minimum absolute atomic E-state index is 0.0545. The molecule has 2 N–H and O–H groups in total. The lowest BCUT2D eigenvalue weighted by Gasteiger charge is -2.42. The van der Waals surface area contributed by atoms with E-state index in [0.717, 1.165) is 31.0 Å². The van der Waals surface area contributed by atoms with Crippen LogP contribution in [0.1, 0.15) is 24.0 Å². The maximum absolute atomic E-state index is 14.0. The molecule has 25 heavy (non-hydrogen) atoms. The largest absolute Gasteiger partial charge is 0.508 e. The number of aliphatic hydroxyl groups excluding tert-OH is 1. The molecule has 0 spiro atoms. The van der Waals surface area contributed by atoms with Crippen molar-refractivity contribution in [1.82, 2.24) is 4.90 Å². The van der Waals surface area contributed by atoms with Crippen molar-refractivity contribution in [1.29, 1.82) is 0 Å². The van der Waals surface area contributed by atoms with E-state index in [1.165, 1.54) is 12.1 Å². The van der Waals surface area contributed by atoms with Crippen LogP contribution in [0.2, 0.25) is 0 Å². The number of phenols is 1. The molecule has 1 heterocycles.